The summed E-state index contributed by atoms with van der Waals surface area (Å²) in [6.07, 6.45) is 0.493. The van der Waals surface area contributed by atoms with Crippen LogP contribution in [0.4, 0.5) is 5.69 Å². The quantitative estimate of drug-likeness (QED) is 0.581. The Hall–Kier alpha value is -2.86. The van der Waals surface area contributed by atoms with Gasteiger partial charge in [-0.3, -0.25) is 9.59 Å². The van der Waals surface area contributed by atoms with Crippen LogP contribution in [0.2, 0.25) is 0 Å². The smallest absolute Gasteiger partial charge is 0.256 e. The molecular weight excluding hydrogens is 378 g/mol. The Bertz CT molecular complexity index is 882. The Morgan fingerprint density at radius 3 is 2.73 bits per heavy atom. The van der Waals surface area contributed by atoms with E-state index in [-0.39, 0.29) is 18.0 Å². The second-order valence-corrected chi connectivity index (χ2v) is 7.87. The molecular formula is C24H31N3O3. The van der Waals surface area contributed by atoms with Gasteiger partial charge in [-0.2, -0.15) is 0 Å². The SMILES string of the molecule is CCOCCCN1C(=O)c2ccccc2C1Nc1cccc(C(=O)NCC(C)C)c1. The number of carbonyl (C=O) groups excluding carboxylic acids is 2. The molecule has 1 aliphatic heterocycles. The van der Waals surface area contributed by atoms with Crippen molar-refractivity contribution in [2.24, 2.45) is 5.92 Å². The molecule has 6 heteroatoms. The summed E-state index contributed by atoms with van der Waals surface area (Å²) in [5.74, 6) is 0.316. The number of amides is 2. The standard InChI is InChI=1S/C24H31N3O3/c1-4-30-14-8-13-27-22(20-11-5-6-12-21(20)24(27)29)26-19-10-7-9-18(15-19)23(28)25-16-17(2)3/h5-7,9-12,15,17,22,26H,4,8,13-14,16H2,1-3H3,(H,25,28). The van der Waals surface area contributed by atoms with Gasteiger partial charge in [0.25, 0.3) is 11.8 Å². The van der Waals surface area contributed by atoms with E-state index in [0.717, 1.165) is 23.2 Å². The maximum atomic E-state index is 13.0. The molecule has 0 aliphatic carbocycles. The van der Waals surface area contributed by atoms with E-state index in [1.807, 2.05) is 54.3 Å². The zero-order chi connectivity index (χ0) is 21.5. The van der Waals surface area contributed by atoms with Gasteiger partial charge >= 0.3 is 0 Å². The van der Waals surface area contributed by atoms with E-state index in [2.05, 4.69) is 24.5 Å². The maximum absolute atomic E-state index is 13.0. The van der Waals surface area contributed by atoms with Crippen LogP contribution in [-0.2, 0) is 4.74 Å². The van der Waals surface area contributed by atoms with Crippen molar-refractivity contribution in [2.45, 2.75) is 33.4 Å². The molecule has 6 nitrogen and oxygen atoms in total. The third kappa shape index (κ3) is 5.19. The fourth-order valence-electron chi connectivity index (χ4n) is 3.54. The lowest BCUT2D eigenvalue weighted by molar-refractivity contribution is 0.0708. The number of nitrogens with zero attached hydrogens (tertiary/aromatic N) is 1. The van der Waals surface area contributed by atoms with Gasteiger partial charge in [0.1, 0.15) is 6.17 Å². The van der Waals surface area contributed by atoms with E-state index < -0.39 is 0 Å². The summed E-state index contributed by atoms with van der Waals surface area (Å²) in [5.41, 5.74) is 3.07. The average Bonchev–Trinajstić information content (AvgIpc) is 3.01. The van der Waals surface area contributed by atoms with Crippen molar-refractivity contribution >= 4 is 17.5 Å². The number of benzene rings is 2. The Labute approximate surface area is 178 Å². The number of fused-ring (bicyclic) bond motifs is 1. The zero-order valence-corrected chi connectivity index (χ0v) is 18.0. The third-order valence-electron chi connectivity index (χ3n) is 5.05. The fourth-order valence-corrected chi connectivity index (χ4v) is 3.54. The molecule has 1 aliphatic rings. The molecule has 2 amide bonds. The van der Waals surface area contributed by atoms with Gasteiger partial charge in [-0.05, 0) is 43.5 Å². The van der Waals surface area contributed by atoms with Crippen molar-refractivity contribution in [2.75, 3.05) is 31.6 Å². The van der Waals surface area contributed by atoms with Crippen molar-refractivity contribution in [3.05, 3.63) is 65.2 Å². The highest BCUT2D eigenvalue weighted by atomic mass is 16.5. The van der Waals surface area contributed by atoms with Gasteiger partial charge in [-0.15, -0.1) is 0 Å². The first-order valence-corrected chi connectivity index (χ1v) is 10.6. The molecule has 160 valence electrons. The lowest BCUT2D eigenvalue weighted by Crippen LogP contribution is -2.33. The van der Waals surface area contributed by atoms with Crippen LogP contribution in [-0.4, -0.2) is 43.0 Å². The summed E-state index contributed by atoms with van der Waals surface area (Å²) in [6.45, 7) is 8.61. The van der Waals surface area contributed by atoms with Crippen LogP contribution in [0, 0.1) is 5.92 Å². The number of rotatable bonds is 10. The van der Waals surface area contributed by atoms with Crippen LogP contribution in [0.15, 0.2) is 48.5 Å². The molecule has 0 spiro atoms. The summed E-state index contributed by atoms with van der Waals surface area (Å²) >= 11 is 0. The zero-order valence-electron chi connectivity index (χ0n) is 18.0. The molecule has 0 saturated carbocycles. The van der Waals surface area contributed by atoms with Crippen LogP contribution < -0.4 is 10.6 Å². The molecule has 0 fully saturated rings. The molecule has 1 unspecified atom stereocenters. The molecule has 1 atom stereocenters. The number of anilines is 1. The number of nitrogens with one attached hydrogen (secondary N) is 2. The largest absolute Gasteiger partial charge is 0.382 e. The lowest BCUT2D eigenvalue weighted by Gasteiger charge is -2.27. The maximum Gasteiger partial charge on any atom is 0.256 e. The Morgan fingerprint density at radius 2 is 1.97 bits per heavy atom. The Kier molecular flexibility index (Phi) is 7.46. The monoisotopic (exact) mass is 409 g/mol. The molecule has 1 heterocycles. The highest BCUT2D eigenvalue weighted by molar-refractivity contribution is 5.99. The summed E-state index contributed by atoms with van der Waals surface area (Å²) in [7, 11) is 0. The minimum absolute atomic E-state index is 0.0189. The highest BCUT2D eigenvalue weighted by Crippen LogP contribution is 2.34. The number of hydrogen-bond donors (Lipinski definition) is 2. The molecule has 0 bridgehead atoms. The van der Waals surface area contributed by atoms with Crippen molar-refractivity contribution in [1.82, 2.24) is 10.2 Å². The second-order valence-electron chi connectivity index (χ2n) is 7.87. The third-order valence-corrected chi connectivity index (χ3v) is 5.05. The van der Waals surface area contributed by atoms with Gasteiger partial charge in [-0.25, -0.2) is 0 Å². The Balaban J connectivity index is 1.77. The topological polar surface area (TPSA) is 70.7 Å². The van der Waals surface area contributed by atoms with Crippen molar-refractivity contribution in [3.8, 4) is 0 Å². The normalized spacial score (nSPS) is 15.4. The average molecular weight is 410 g/mol. The molecule has 0 aromatic heterocycles. The Morgan fingerprint density at radius 1 is 1.17 bits per heavy atom. The van der Waals surface area contributed by atoms with Gasteiger partial charge in [0.2, 0.25) is 0 Å². The highest BCUT2D eigenvalue weighted by Gasteiger charge is 2.36. The van der Waals surface area contributed by atoms with Crippen molar-refractivity contribution in [3.63, 3.8) is 0 Å². The predicted octanol–water partition coefficient (Wildman–Crippen LogP) is 4.07. The van der Waals surface area contributed by atoms with Gasteiger partial charge < -0.3 is 20.3 Å². The summed E-state index contributed by atoms with van der Waals surface area (Å²) < 4.78 is 5.44. The van der Waals surface area contributed by atoms with Crippen LogP contribution >= 0.6 is 0 Å². The van der Waals surface area contributed by atoms with E-state index in [0.29, 0.717) is 37.8 Å². The first-order chi connectivity index (χ1) is 14.5. The van der Waals surface area contributed by atoms with Crippen LogP contribution in [0.3, 0.4) is 0 Å². The molecule has 3 rings (SSSR count). The van der Waals surface area contributed by atoms with E-state index in [1.54, 1.807) is 6.07 Å². The number of ether oxygens (including phenoxy) is 1. The van der Waals surface area contributed by atoms with Crippen LogP contribution in [0.1, 0.15) is 59.6 Å². The van der Waals surface area contributed by atoms with Crippen LogP contribution in [0.25, 0.3) is 0 Å². The van der Waals surface area contributed by atoms with Crippen LogP contribution in [0.5, 0.6) is 0 Å². The molecule has 30 heavy (non-hydrogen) atoms. The summed E-state index contributed by atoms with van der Waals surface area (Å²) in [6, 6.07) is 15.1. The second kappa shape index (κ2) is 10.3. The molecule has 2 aromatic carbocycles. The summed E-state index contributed by atoms with van der Waals surface area (Å²) in [4.78, 5) is 27.2. The molecule has 2 N–H and O–H groups in total. The molecule has 0 radical (unpaired) electrons. The van der Waals surface area contributed by atoms with Gasteiger partial charge in [-0.1, -0.05) is 38.1 Å². The van der Waals surface area contributed by atoms with E-state index in [4.69, 9.17) is 4.74 Å². The predicted molar refractivity (Wildman–Crippen MR) is 119 cm³/mol. The minimum atomic E-state index is -0.274. The first-order valence-electron chi connectivity index (χ1n) is 10.6. The fraction of sp³-hybridized carbons (Fsp3) is 0.417. The van der Waals surface area contributed by atoms with Crippen molar-refractivity contribution < 1.29 is 14.3 Å². The van der Waals surface area contributed by atoms with Crippen molar-refractivity contribution in [1.29, 1.82) is 0 Å². The molecule has 2 aromatic rings. The van der Waals surface area contributed by atoms with Gasteiger partial charge in [0, 0.05) is 48.7 Å². The van der Waals surface area contributed by atoms with E-state index in [1.165, 1.54) is 0 Å². The van der Waals surface area contributed by atoms with Gasteiger partial charge in [0.15, 0.2) is 0 Å². The number of hydrogen-bond acceptors (Lipinski definition) is 4. The number of carbonyl (C=O) groups is 2. The first kappa shape index (κ1) is 21.8. The van der Waals surface area contributed by atoms with Gasteiger partial charge in [0.05, 0.1) is 0 Å². The lowest BCUT2D eigenvalue weighted by atomic mass is 10.1. The van der Waals surface area contributed by atoms with E-state index in [9.17, 15) is 9.59 Å². The molecule has 0 saturated heterocycles. The summed E-state index contributed by atoms with van der Waals surface area (Å²) in [5, 5.41) is 6.41. The minimum Gasteiger partial charge on any atom is -0.382 e. The van der Waals surface area contributed by atoms with E-state index >= 15 is 0 Å².